The predicted molar refractivity (Wildman–Crippen MR) is 123 cm³/mol. The second kappa shape index (κ2) is 8.22. The van der Waals surface area contributed by atoms with Crippen LogP contribution in [0.4, 0.5) is 10.5 Å². The van der Waals surface area contributed by atoms with Gasteiger partial charge in [0.1, 0.15) is 11.1 Å². The summed E-state index contributed by atoms with van der Waals surface area (Å²) in [5.74, 6) is 0. The van der Waals surface area contributed by atoms with Crippen molar-refractivity contribution >= 4 is 38.7 Å². The minimum Gasteiger partial charge on any atom is -0.444 e. The van der Waals surface area contributed by atoms with Gasteiger partial charge in [0, 0.05) is 41.9 Å². The van der Waals surface area contributed by atoms with E-state index >= 15 is 0 Å². The number of rotatable bonds is 2. The number of aromatic nitrogens is 2. The number of hydrogen-bond donors (Lipinski definition) is 0. The quantitative estimate of drug-likeness (QED) is 0.522. The molecule has 0 aliphatic carbocycles. The van der Waals surface area contributed by atoms with Crippen molar-refractivity contribution in [2.75, 3.05) is 31.1 Å². The molecular formula is C23H25BrN4O2. The number of hydrogen-bond acceptors (Lipinski definition) is 5. The zero-order chi connectivity index (χ0) is 21.3. The van der Waals surface area contributed by atoms with Crippen LogP contribution in [0.5, 0.6) is 0 Å². The monoisotopic (exact) mass is 468 g/mol. The zero-order valence-electron chi connectivity index (χ0n) is 17.4. The molecule has 7 heteroatoms. The van der Waals surface area contributed by atoms with E-state index < -0.39 is 5.60 Å². The van der Waals surface area contributed by atoms with Crippen LogP contribution in [0.3, 0.4) is 0 Å². The number of anilines is 1. The molecule has 2 heterocycles. The second-order valence-electron chi connectivity index (χ2n) is 8.37. The maximum absolute atomic E-state index is 12.3. The van der Waals surface area contributed by atoms with Gasteiger partial charge in [0.2, 0.25) is 0 Å². The molecule has 1 aromatic heterocycles. The fraction of sp³-hybridized carbons (Fsp3) is 0.348. The molecule has 1 fully saturated rings. The first-order valence-electron chi connectivity index (χ1n) is 10.0. The molecule has 156 valence electrons. The summed E-state index contributed by atoms with van der Waals surface area (Å²) in [6, 6.07) is 14.2. The average Bonchev–Trinajstić information content (AvgIpc) is 2.73. The summed E-state index contributed by atoms with van der Waals surface area (Å²) in [4.78, 5) is 25.7. The first kappa shape index (κ1) is 20.6. The lowest BCUT2D eigenvalue weighted by Gasteiger charge is -2.36. The Balaban J connectivity index is 1.50. The van der Waals surface area contributed by atoms with Gasteiger partial charge < -0.3 is 14.5 Å². The van der Waals surface area contributed by atoms with Gasteiger partial charge in [-0.05, 0) is 61.0 Å². The standard InChI is InChI=1S/C23H25BrN4O2/c1-23(2,3)30-22(29)28-12-10-27(11-13-28)17-7-4-6-16(14-17)20-15-25-19-9-5-8-18(24)21(19)26-20/h4-9,14-15H,10-13H2,1-3H3. The van der Waals surface area contributed by atoms with E-state index in [9.17, 15) is 4.79 Å². The molecule has 3 aromatic rings. The van der Waals surface area contributed by atoms with Crippen molar-refractivity contribution in [3.8, 4) is 11.3 Å². The van der Waals surface area contributed by atoms with E-state index in [4.69, 9.17) is 9.72 Å². The molecule has 0 spiro atoms. The van der Waals surface area contributed by atoms with Crippen molar-refractivity contribution in [2.24, 2.45) is 0 Å². The Morgan fingerprint density at radius 1 is 1.07 bits per heavy atom. The molecule has 0 N–H and O–H groups in total. The molecule has 1 aliphatic rings. The van der Waals surface area contributed by atoms with Crippen LogP contribution in [0.1, 0.15) is 20.8 Å². The average molecular weight is 469 g/mol. The molecule has 0 atom stereocenters. The van der Waals surface area contributed by atoms with Crippen molar-refractivity contribution in [1.82, 2.24) is 14.9 Å². The molecule has 0 bridgehead atoms. The summed E-state index contributed by atoms with van der Waals surface area (Å²) in [5, 5.41) is 0. The van der Waals surface area contributed by atoms with Crippen molar-refractivity contribution < 1.29 is 9.53 Å². The Morgan fingerprint density at radius 2 is 1.80 bits per heavy atom. The van der Waals surface area contributed by atoms with Gasteiger partial charge >= 0.3 is 6.09 Å². The highest BCUT2D eigenvalue weighted by molar-refractivity contribution is 9.10. The van der Waals surface area contributed by atoms with Crippen LogP contribution in [0.15, 0.2) is 53.1 Å². The van der Waals surface area contributed by atoms with Gasteiger partial charge in [0.25, 0.3) is 0 Å². The van der Waals surface area contributed by atoms with E-state index in [0.717, 1.165) is 45.5 Å². The van der Waals surface area contributed by atoms with Gasteiger partial charge in [-0.25, -0.2) is 9.78 Å². The normalized spacial score (nSPS) is 14.8. The Hall–Kier alpha value is -2.67. The van der Waals surface area contributed by atoms with Crippen molar-refractivity contribution in [1.29, 1.82) is 0 Å². The van der Waals surface area contributed by atoms with Crippen molar-refractivity contribution in [2.45, 2.75) is 26.4 Å². The number of halogens is 1. The first-order valence-corrected chi connectivity index (χ1v) is 10.8. The van der Waals surface area contributed by atoms with Crippen LogP contribution in [-0.2, 0) is 4.74 Å². The maximum atomic E-state index is 12.3. The van der Waals surface area contributed by atoms with E-state index in [1.165, 1.54) is 0 Å². The van der Waals surface area contributed by atoms with Gasteiger partial charge in [0.05, 0.1) is 17.4 Å². The lowest BCUT2D eigenvalue weighted by Crippen LogP contribution is -2.50. The topological polar surface area (TPSA) is 58.6 Å². The summed E-state index contributed by atoms with van der Waals surface area (Å²) in [5.41, 5.74) is 4.22. The van der Waals surface area contributed by atoms with Gasteiger partial charge in [-0.1, -0.05) is 18.2 Å². The Kier molecular flexibility index (Phi) is 5.64. The number of nitrogens with zero attached hydrogens (tertiary/aromatic N) is 4. The van der Waals surface area contributed by atoms with Gasteiger partial charge in [-0.2, -0.15) is 0 Å². The van der Waals surface area contributed by atoms with E-state index in [-0.39, 0.29) is 6.09 Å². The number of carbonyl (C=O) groups excluding carboxylic acids is 1. The molecule has 6 nitrogen and oxygen atoms in total. The summed E-state index contributed by atoms with van der Waals surface area (Å²) < 4.78 is 6.42. The minimum atomic E-state index is -0.474. The summed E-state index contributed by atoms with van der Waals surface area (Å²) in [7, 11) is 0. The number of benzene rings is 2. The highest BCUT2D eigenvalue weighted by Gasteiger charge is 2.26. The highest BCUT2D eigenvalue weighted by Crippen LogP contribution is 2.27. The first-order chi connectivity index (χ1) is 14.3. The Bertz CT molecular complexity index is 1070. The molecule has 30 heavy (non-hydrogen) atoms. The van der Waals surface area contributed by atoms with Crippen LogP contribution in [0.2, 0.25) is 0 Å². The third kappa shape index (κ3) is 4.56. The van der Waals surface area contributed by atoms with E-state index in [1.807, 2.05) is 57.3 Å². The van der Waals surface area contributed by atoms with Gasteiger partial charge in [-0.3, -0.25) is 4.98 Å². The summed E-state index contributed by atoms with van der Waals surface area (Å²) in [6.07, 6.45) is 1.57. The SMILES string of the molecule is CC(C)(C)OC(=O)N1CCN(c2cccc(-c3cnc4cccc(Br)c4n3)c2)CC1. The van der Waals surface area contributed by atoms with Crippen LogP contribution >= 0.6 is 15.9 Å². The number of carbonyl (C=O) groups is 1. The maximum Gasteiger partial charge on any atom is 0.410 e. The van der Waals surface area contributed by atoms with E-state index in [0.29, 0.717) is 13.1 Å². The number of fused-ring (bicyclic) bond motifs is 1. The van der Waals surface area contributed by atoms with Crippen molar-refractivity contribution in [3.63, 3.8) is 0 Å². The predicted octanol–water partition coefficient (Wildman–Crippen LogP) is 5.12. The minimum absolute atomic E-state index is 0.243. The van der Waals surface area contributed by atoms with Gasteiger partial charge in [-0.15, -0.1) is 0 Å². The zero-order valence-corrected chi connectivity index (χ0v) is 19.0. The number of para-hydroxylation sites is 1. The molecule has 0 radical (unpaired) electrons. The van der Waals surface area contributed by atoms with Crippen LogP contribution in [0.25, 0.3) is 22.3 Å². The third-order valence-corrected chi connectivity index (χ3v) is 5.60. The summed E-state index contributed by atoms with van der Waals surface area (Å²) >= 11 is 3.56. The highest BCUT2D eigenvalue weighted by atomic mass is 79.9. The summed E-state index contributed by atoms with van der Waals surface area (Å²) in [6.45, 7) is 8.47. The molecule has 1 saturated heterocycles. The molecule has 0 saturated carbocycles. The number of amides is 1. The van der Waals surface area contributed by atoms with Crippen LogP contribution < -0.4 is 4.90 Å². The van der Waals surface area contributed by atoms with E-state index in [1.54, 1.807) is 4.90 Å². The van der Waals surface area contributed by atoms with Crippen LogP contribution in [0, 0.1) is 0 Å². The fourth-order valence-electron chi connectivity index (χ4n) is 3.47. The smallest absolute Gasteiger partial charge is 0.410 e. The molecule has 0 unspecified atom stereocenters. The molecule has 1 amide bonds. The number of ether oxygens (including phenoxy) is 1. The van der Waals surface area contributed by atoms with E-state index in [2.05, 4.69) is 37.9 Å². The van der Waals surface area contributed by atoms with Gasteiger partial charge in [0.15, 0.2) is 0 Å². The lowest BCUT2D eigenvalue weighted by atomic mass is 10.1. The molecule has 2 aromatic carbocycles. The second-order valence-corrected chi connectivity index (χ2v) is 9.22. The largest absolute Gasteiger partial charge is 0.444 e. The Morgan fingerprint density at radius 3 is 2.53 bits per heavy atom. The molecule has 4 rings (SSSR count). The fourth-order valence-corrected chi connectivity index (χ4v) is 3.92. The van der Waals surface area contributed by atoms with Crippen molar-refractivity contribution in [3.05, 3.63) is 53.1 Å². The Labute approximate surface area is 185 Å². The molecular weight excluding hydrogens is 444 g/mol. The van der Waals surface area contributed by atoms with Crippen LogP contribution in [-0.4, -0.2) is 52.7 Å². The molecule has 1 aliphatic heterocycles. The third-order valence-electron chi connectivity index (χ3n) is 4.96. The number of piperazine rings is 1. The lowest BCUT2D eigenvalue weighted by molar-refractivity contribution is 0.0240.